The monoisotopic (exact) mass is 265 g/mol. The molecule has 0 saturated carbocycles. The Balaban J connectivity index is 3.05. The number of anilines is 1. The van der Waals surface area contributed by atoms with Crippen molar-refractivity contribution >= 4 is 5.82 Å². The first kappa shape index (κ1) is 13.2. The van der Waals surface area contributed by atoms with Gasteiger partial charge in [-0.05, 0) is 18.1 Å². The van der Waals surface area contributed by atoms with Crippen molar-refractivity contribution in [1.29, 1.82) is 10.5 Å². The number of hydrogen-bond acceptors (Lipinski definition) is 5. The van der Waals surface area contributed by atoms with Gasteiger partial charge in [0, 0.05) is 5.56 Å². The number of aryl methyl sites for hydroxylation is 1. The largest absolute Gasteiger partial charge is 0.382 e. The highest BCUT2D eigenvalue weighted by atomic mass is 16.1. The molecule has 1 aromatic carbocycles. The molecular formula is C14H11N5O. The minimum atomic E-state index is -0.720. The van der Waals surface area contributed by atoms with Crippen LogP contribution in [0.25, 0.3) is 11.1 Å². The third-order valence-electron chi connectivity index (χ3n) is 3.09. The zero-order valence-electron chi connectivity index (χ0n) is 10.7. The minimum Gasteiger partial charge on any atom is -0.382 e. The molecule has 6 heteroatoms. The Hall–Kier alpha value is -3.25. The van der Waals surface area contributed by atoms with Crippen molar-refractivity contribution in [1.82, 2.24) is 4.68 Å². The van der Waals surface area contributed by atoms with Gasteiger partial charge in [-0.2, -0.15) is 10.5 Å². The summed E-state index contributed by atoms with van der Waals surface area (Å²) in [4.78, 5) is 12.0. The van der Waals surface area contributed by atoms with Gasteiger partial charge in [-0.1, -0.05) is 24.3 Å². The van der Waals surface area contributed by atoms with E-state index in [1.54, 1.807) is 12.1 Å². The molecule has 1 heterocycles. The van der Waals surface area contributed by atoms with Gasteiger partial charge in [0.1, 0.15) is 29.1 Å². The molecule has 20 heavy (non-hydrogen) atoms. The molecular weight excluding hydrogens is 254 g/mol. The molecule has 98 valence electrons. The Morgan fingerprint density at radius 3 is 2.30 bits per heavy atom. The number of rotatable bonds is 1. The molecule has 0 radical (unpaired) electrons. The van der Waals surface area contributed by atoms with Crippen molar-refractivity contribution in [3.63, 3.8) is 0 Å². The predicted molar refractivity (Wildman–Crippen MR) is 74.9 cm³/mol. The third kappa shape index (κ3) is 1.76. The maximum Gasteiger partial charge on any atom is 0.289 e. The summed E-state index contributed by atoms with van der Waals surface area (Å²) in [6, 6.07) is 10.9. The zero-order chi connectivity index (χ0) is 14.9. The number of nitrogens with two attached hydrogens (primary N) is 2. The lowest BCUT2D eigenvalue weighted by atomic mass is 9.93. The number of pyridine rings is 1. The second kappa shape index (κ2) is 4.79. The van der Waals surface area contributed by atoms with E-state index in [0.29, 0.717) is 10.2 Å². The summed E-state index contributed by atoms with van der Waals surface area (Å²) in [5, 5.41) is 18.5. The first-order chi connectivity index (χ1) is 9.52. The summed E-state index contributed by atoms with van der Waals surface area (Å²) in [7, 11) is 0. The molecule has 0 spiro atoms. The Morgan fingerprint density at radius 1 is 1.15 bits per heavy atom. The van der Waals surface area contributed by atoms with E-state index < -0.39 is 5.56 Å². The molecule has 0 unspecified atom stereocenters. The summed E-state index contributed by atoms with van der Waals surface area (Å²) in [5.74, 6) is 5.34. The molecule has 0 aliphatic carbocycles. The lowest BCUT2D eigenvalue weighted by molar-refractivity contribution is 0.942. The average molecular weight is 265 g/mol. The van der Waals surface area contributed by atoms with Gasteiger partial charge < -0.3 is 11.6 Å². The first-order valence-electron chi connectivity index (χ1n) is 5.72. The van der Waals surface area contributed by atoms with Crippen LogP contribution in [0, 0.1) is 29.6 Å². The molecule has 0 saturated heterocycles. The van der Waals surface area contributed by atoms with Crippen molar-refractivity contribution < 1.29 is 0 Å². The van der Waals surface area contributed by atoms with Gasteiger partial charge in [-0.15, -0.1) is 0 Å². The molecule has 0 bridgehead atoms. The van der Waals surface area contributed by atoms with E-state index >= 15 is 0 Å². The van der Waals surface area contributed by atoms with Crippen LogP contribution < -0.4 is 17.1 Å². The summed E-state index contributed by atoms with van der Waals surface area (Å²) >= 11 is 0. The standard InChI is InChI=1S/C14H11N5O/c1-8-4-2-3-5-9(8)12-10(6-15)13(17)19(18)14(20)11(12)7-16/h2-5H,17-18H2,1H3. The summed E-state index contributed by atoms with van der Waals surface area (Å²) in [6.07, 6.45) is 0. The Labute approximate surface area is 115 Å². The number of hydrogen-bond donors (Lipinski definition) is 2. The van der Waals surface area contributed by atoms with E-state index in [1.165, 1.54) is 0 Å². The highest BCUT2D eigenvalue weighted by Crippen LogP contribution is 2.30. The molecule has 0 aliphatic heterocycles. The van der Waals surface area contributed by atoms with E-state index in [1.807, 2.05) is 31.2 Å². The van der Waals surface area contributed by atoms with Crippen LogP contribution in [0.5, 0.6) is 0 Å². The van der Waals surface area contributed by atoms with Crippen molar-refractivity contribution in [3.05, 3.63) is 51.3 Å². The SMILES string of the molecule is Cc1ccccc1-c1c(C#N)c(N)n(N)c(=O)c1C#N. The number of nitrogens with zero attached hydrogens (tertiary/aromatic N) is 3. The third-order valence-corrected chi connectivity index (χ3v) is 3.09. The molecule has 0 aliphatic rings. The lowest BCUT2D eigenvalue weighted by Gasteiger charge is -2.13. The van der Waals surface area contributed by atoms with E-state index in [4.69, 9.17) is 11.6 Å². The quantitative estimate of drug-likeness (QED) is 0.740. The second-order valence-electron chi connectivity index (χ2n) is 4.22. The Kier molecular flexibility index (Phi) is 3.16. The van der Waals surface area contributed by atoms with Crippen LogP contribution in [-0.2, 0) is 0 Å². The Bertz CT molecular complexity index is 836. The van der Waals surface area contributed by atoms with Crippen LogP contribution in [0.2, 0.25) is 0 Å². The summed E-state index contributed by atoms with van der Waals surface area (Å²) < 4.78 is 0.624. The van der Waals surface area contributed by atoms with Crippen LogP contribution in [0.1, 0.15) is 16.7 Å². The molecule has 1 aromatic heterocycles. The van der Waals surface area contributed by atoms with Crippen LogP contribution >= 0.6 is 0 Å². The highest BCUT2D eigenvalue weighted by Gasteiger charge is 2.21. The molecule has 4 N–H and O–H groups in total. The number of aromatic nitrogens is 1. The average Bonchev–Trinajstić information content (AvgIpc) is 2.45. The van der Waals surface area contributed by atoms with Crippen molar-refractivity contribution in [2.24, 2.45) is 0 Å². The van der Waals surface area contributed by atoms with Gasteiger partial charge in [0.25, 0.3) is 5.56 Å². The topological polar surface area (TPSA) is 122 Å². The van der Waals surface area contributed by atoms with Gasteiger partial charge in [0.15, 0.2) is 0 Å². The first-order valence-corrected chi connectivity index (χ1v) is 5.72. The number of nitrogen functional groups attached to an aromatic ring is 2. The fourth-order valence-electron chi connectivity index (χ4n) is 2.05. The van der Waals surface area contributed by atoms with Gasteiger partial charge >= 0.3 is 0 Å². The molecule has 2 aromatic rings. The molecule has 2 rings (SSSR count). The van der Waals surface area contributed by atoms with Crippen LogP contribution in [0.3, 0.4) is 0 Å². The van der Waals surface area contributed by atoms with Crippen LogP contribution in [0.15, 0.2) is 29.1 Å². The number of benzene rings is 1. The number of nitriles is 2. The van der Waals surface area contributed by atoms with Crippen LogP contribution in [0.4, 0.5) is 5.82 Å². The molecule has 0 amide bonds. The van der Waals surface area contributed by atoms with Crippen molar-refractivity contribution in [2.75, 3.05) is 11.6 Å². The van der Waals surface area contributed by atoms with E-state index in [-0.39, 0.29) is 22.5 Å². The van der Waals surface area contributed by atoms with Crippen molar-refractivity contribution in [2.45, 2.75) is 6.92 Å². The maximum atomic E-state index is 12.0. The predicted octanol–water partition coefficient (Wildman–Crippen LogP) is 0.863. The Morgan fingerprint density at radius 2 is 1.75 bits per heavy atom. The summed E-state index contributed by atoms with van der Waals surface area (Å²) in [6.45, 7) is 1.82. The van der Waals surface area contributed by atoms with E-state index in [0.717, 1.165) is 5.56 Å². The normalized spacial score (nSPS) is 9.75. The minimum absolute atomic E-state index is 0.0259. The maximum absolute atomic E-state index is 12.0. The van der Waals surface area contributed by atoms with Gasteiger partial charge in [0.05, 0.1) is 0 Å². The fourth-order valence-corrected chi connectivity index (χ4v) is 2.05. The zero-order valence-corrected chi connectivity index (χ0v) is 10.7. The smallest absolute Gasteiger partial charge is 0.289 e. The highest BCUT2D eigenvalue weighted by molar-refractivity contribution is 5.82. The molecule has 0 atom stereocenters. The van der Waals surface area contributed by atoms with E-state index in [2.05, 4.69) is 0 Å². The lowest BCUT2D eigenvalue weighted by Crippen LogP contribution is -2.33. The van der Waals surface area contributed by atoms with Gasteiger partial charge in [-0.25, -0.2) is 4.68 Å². The van der Waals surface area contributed by atoms with E-state index in [9.17, 15) is 15.3 Å². The fraction of sp³-hybridized carbons (Fsp3) is 0.0714. The van der Waals surface area contributed by atoms with Crippen molar-refractivity contribution in [3.8, 4) is 23.3 Å². The van der Waals surface area contributed by atoms with Crippen LogP contribution in [-0.4, -0.2) is 4.68 Å². The van der Waals surface area contributed by atoms with Gasteiger partial charge in [0.2, 0.25) is 0 Å². The van der Waals surface area contributed by atoms with Gasteiger partial charge in [-0.3, -0.25) is 4.79 Å². The summed E-state index contributed by atoms with van der Waals surface area (Å²) in [5.41, 5.74) is 6.51. The second-order valence-corrected chi connectivity index (χ2v) is 4.22. The molecule has 6 nitrogen and oxygen atoms in total. The molecule has 0 fully saturated rings.